The molecule has 44 heavy (non-hydrogen) atoms. The number of hydrogen-bond donors (Lipinski definition) is 1. The van der Waals surface area contributed by atoms with Gasteiger partial charge in [-0.2, -0.15) is 10.2 Å². The number of nitrogens with zero attached hydrogens (tertiary/aromatic N) is 6. The van der Waals surface area contributed by atoms with Crippen molar-refractivity contribution >= 4 is 29.0 Å². The molecule has 0 saturated carbocycles. The highest BCUT2D eigenvalue weighted by molar-refractivity contribution is 5.93. The van der Waals surface area contributed by atoms with Crippen LogP contribution in [0, 0.1) is 18.6 Å². The third-order valence-electron chi connectivity index (χ3n) is 9.08. The Hall–Kier alpha value is -4.15. The molecular weight excluding hydrogens is 560 g/mol. The summed E-state index contributed by atoms with van der Waals surface area (Å²) < 4.78 is 33.0. The molecule has 0 bridgehead atoms. The minimum Gasteiger partial charge on any atom is -0.337 e. The number of aryl methyl sites for hydroxylation is 1. The van der Waals surface area contributed by atoms with Gasteiger partial charge < -0.3 is 9.80 Å². The summed E-state index contributed by atoms with van der Waals surface area (Å²) in [5.41, 5.74) is 4.51. The third kappa shape index (κ3) is 6.09. The number of fused-ring (bicyclic) bond motifs is 1. The van der Waals surface area contributed by atoms with E-state index in [9.17, 15) is 4.79 Å². The Bertz CT molecular complexity index is 1690. The molecule has 2 saturated heterocycles. The van der Waals surface area contributed by atoms with E-state index in [2.05, 4.69) is 44.6 Å². The Labute approximate surface area is 256 Å². The molecule has 10 heteroatoms. The number of amides is 1. The first-order chi connectivity index (χ1) is 21.3. The van der Waals surface area contributed by atoms with Crippen molar-refractivity contribution in [2.45, 2.75) is 39.3 Å². The van der Waals surface area contributed by atoms with Crippen molar-refractivity contribution in [3.05, 3.63) is 83.3 Å². The number of likely N-dealkylation sites (tertiary alicyclic amines) is 1. The van der Waals surface area contributed by atoms with E-state index in [1.54, 1.807) is 17.0 Å². The lowest BCUT2D eigenvalue weighted by atomic mass is 9.96. The van der Waals surface area contributed by atoms with Crippen molar-refractivity contribution in [3.8, 4) is 11.1 Å². The molecule has 0 unspecified atom stereocenters. The number of aromatic nitrogens is 4. The molecule has 0 aliphatic carbocycles. The summed E-state index contributed by atoms with van der Waals surface area (Å²) in [4.78, 5) is 18.1. The lowest BCUT2D eigenvalue weighted by molar-refractivity contribution is -0.127. The van der Waals surface area contributed by atoms with Gasteiger partial charge in [0.1, 0.15) is 0 Å². The number of carbonyl (C=O) groups is 1. The first-order valence-electron chi connectivity index (χ1n) is 15.4. The summed E-state index contributed by atoms with van der Waals surface area (Å²) in [6.07, 6.45) is 11.4. The van der Waals surface area contributed by atoms with E-state index in [-0.39, 0.29) is 18.0 Å². The molecule has 4 aromatic rings. The average Bonchev–Trinajstić information content (AvgIpc) is 3.69. The number of H-pyrrole nitrogens is 1. The zero-order valence-electron chi connectivity index (χ0n) is 25.4. The second kappa shape index (κ2) is 12.8. The van der Waals surface area contributed by atoms with Gasteiger partial charge in [0, 0.05) is 74.1 Å². The van der Waals surface area contributed by atoms with E-state index in [1.165, 1.54) is 6.08 Å². The Morgan fingerprint density at radius 1 is 1.02 bits per heavy atom. The maximum absolute atomic E-state index is 15.6. The van der Waals surface area contributed by atoms with Crippen LogP contribution < -0.4 is 0 Å². The van der Waals surface area contributed by atoms with Crippen LogP contribution in [-0.2, 0) is 11.3 Å². The maximum Gasteiger partial charge on any atom is 0.246 e. The van der Waals surface area contributed by atoms with Gasteiger partial charge in [0.05, 0.1) is 23.4 Å². The number of piperazine rings is 1. The molecule has 2 aliphatic rings. The minimum absolute atomic E-state index is 0.107. The van der Waals surface area contributed by atoms with E-state index < -0.39 is 11.6 Å². The smallest absolute Gasteiger partial charge is 0.246 e. The number of halogens is 2. The van der Waals surface area contributed by atoms with Crippen molar-refractivity contribution in [1.82, 2.24) is 34.7 Å². The Kier molecular flexibility index (Phi) is 8.72. The zero-order valence-corrected chi connectivity index (χ0v) is 25.4. The summed E-state index contributed by atoms with van der Waals surface area (Å²) in [5, 5.41) is 13.0. The first kappa shape index (κ1) is 29.9. The van der Waals surface area contributed by atoms with Crippen LogP contribution in [0.25, 0.3) is 34.2 Å². The number of piperidine rings is 1. The van der Waals surface area contributed by atoms with E-state index in [0.29, 0.717) is 43.3 Å². The Balaban J connectivity index is 1.19. The molecule has 2 fully saturated rings. The predicted molar refractivity (Wildman–Crippen MR) is 170 cm³/mol. The lowest BCUT2D eigenvalue weighted by Crippen LogP contribution is -2.47. The van der Waals surface area contributed by atoms with Crippen LogP contribution in [0.3, 0.4) is 0 Å². The van der Waals surface area contributed by atoms with Crippen molar-refractivity contribution < 1.29 is 13.6 Å². The second-order valence-electron chi connectivity index (χ2n) is 11.8. The van der Waals surface area contributed by atoms with Crippen LogP contribution in [0.1, 0.15) is 48.2 Å². The molecule has 230 valence electrons. The highest BCUT2D eigenvalue weighted by Crippen LogP contribution is 2.33. The summed E-state index contributed by atoms with van der Waals surface area (Å²) in [6.45, 7) is 13.4. The molecule has 6 rings (SSSR count). The highest BCUT2D eigenvalue weighted by Gasteiger charge is 2.23. The predicted octanol–water partition coefficient (Wildman–Crippen LogP) is 5.67. The molecular formula is C34H39F2N7O. The quantitative estimate of drug-likeness (QED) is 0.264. The molecule has 8 nitrogen and oxygen atoms in total. The third-order valence-corrected chi connectivity index (χ3v) is 9.08. The van der Waals surface area contributed by atoms with E-state index in [1.807, 2.05) is 42.3 Å². The van der Waals surface area contributed by atoms with Gasteiger partial charge >= 0.3 is 0 Å². The largest absolute Gasteiger partial charge is 0.337 e. The van der Waals surface area contributed by atoms with E-state index in [0.717, 1.165) is 60.2 Å². The zero-order chi connectivity index (χ0) is 30.8. The van der Waals surface area contributed by atoms with Crippen molar-refractivity contribution in [1.29, 1.82) is 0 Å². The molecule has 2 aromatic carbocycles. The number of carbonyl (C=O) groups excluding carboxylic acids is 1. The topological polar surface area (TPSA) is 73.3 Å². The van der Waals surface area contributed by atoms with E-state index in [4.69, 9.17) is 0 Å². The highest BCUT2D eigenvalue weighted by atomic mass is 19.2. The van der Waals surface area contributed by atoms with Crippen molar-refractivity contribution in [2.75, 3.05) is 45.8 Å². The molecule has 0 radical (unpaired) electrons. The minimum atomic E-state index is -0.858. The molecule has 2 aliphatic heterocycles. The number of nitrogens with one attached hydrogen (secondary N) is 1. The molecule has 0 spiro atoms. The molecule has 0 atom stereocenters. The Morgan fingerprint density at radius 3 is 2.52 bits per heavy atom. The van der Waals surface area contributed by atoms with E-state index >= 15 is 8.78 Å². The molecule has 4 heterocycles. The fraction of sp³-hybridized carbons (Fsp3) is 0.382. The number of hydrogen-bond acceptors (Lipinski definition) is 5. The first-order valence-corrected chi connectivity index (χ1v) is 15.4. The van der Waals surface area contributed by atoms with Crippen LogP contribution in [0.15, 0.2) is 49.3 Å². The maximum atomic E-state index is 15.6. The summed E-state index contributed by atoms with van der Waals surface area (Å²) in [5.74, 6) is -1.80. The van der Waals surface area contributed by atoms with Gasteiger partial charge in [-0.3, -0.25) is 19.5 Å². The SMILES string of the molecule is C=CC(=O)N1CCN(Cc2ccc(-c3cc4c(/C=C/c5cnn(C6CCN(CC)CC6)c5)n[nH]c4cc3C)c(F)c2F)CC1. The number of benzene rings is 2. The van der Waals surface area contributed by atoms with Crippen LogP contribution in [0.4, 0.5) is 8.78 Å². The second-order valence-corrected chi connectivity index (χ2v) is 11.8. The number of rotatable bonds is 8. The van der Waals surface area contributed by atoms with Crippen molar-refractivity contribution in [2.24, 2.45) is 0 Å². The van der Waals surface area contributed by atoms with Crippen LogP contribution in [0.2, 0.25) is 0 Å². The monoisotopic (exact) mass is 599 g/mol. The lowest BCUT2D eigenvalue weighted by Gasteiger charge is -2.34. The standard InChI is InChI=1S/C34H39F2N7O/c1-4-32(44)42-16-14-41(15-17-42)22-25-7-8-27(34(36)33(25)35)28-19-29-30(38-39-31(29)18-23(28)3)9-6-24-20-37-43(21-24)26-10-12-40(5-2)13-11-26/h4,6-9,18-21,26H,1,5,10-17,22H2,2-3H3,(H,38,39)/b9-6+. The summed E-state index contributed by atoms with van der Waals surface area (Å²) in [6, 6.07) is 7.54. The van der Waals surface area contributed by atoms with Gasteiger partial charge in [-0.1, -0.05) is 25.6 Å². The normalized spacial score (nSPS) is 17.2. The van der Waals surface area contributed by atoms with Crippen LogP contribution >= 0.6 is 0 Å². The Morgan fingerprint density at radius 2 is 1.80 bits per heavy atom. The molecule has 1 N–H and O–H groups in total. The summed E-state index contributed by atoms with van der Waals surface area (Å²) >= 11 is 0. The van der Waals surface area contributed by atoms with Gasteiger partial charge in [0.2, 0.25) is 5.91 Å². The van der Waals surface area contributed by atoms with Gasteiger partial charge in [-0.15, -0.1) is 0 Å². The molecule has 1 amide bonds. The van der Waals surface area contributed by atoms with Gasteiger partial charge in [-0.25, -0.2) is 8.78 Å². The van der Waals surface area contributed by atoms with Crippen LogP contribution in [0.5, 0.6) is 0 Å². The fourth-order valence-electron chi connectivity index (χ4n) is 6.34. The van der Waals surface area contributed by atoms with Crippen molar-refractivity contribution in [3.63, 3.8) is 0 Å². The summed E-state index contributed by atoms with van der Waals surface area (Å²) in [7, 11) is 0. The average molecular weight is 600 g/mol. The van der Waals surface area contributed by atoms with Gasteiger partial charge in [-0.05, 0) is 67.8 Å². The van der Waals surface area contributed by atoms with Gasteiger partial charge in [0.15, 0.2) is 11.6 Å². The number of aromatic amines is 1. The molecule has 2 aromatic heterocycles. The fourth-order valence-corrected chi connectivity index (χ4v) is 6.34. The van der Waals surface area contributed by atoms with Crippen LogP contribution in [-0.4, -0.2) is 86.4 Å². The van der Waals surface area contributed by atoms with Gasteiger partial charge in [0.25, 0.3) is 0 Å².